The number of aromatic nitrogens is 3. The number of hydrogen-bond acceptors (Lipinski definition) is 7. The van der Waals surface area contributed by atoms with Crippen molar-refractivity contribution in [3.05, 3.63) is 54.5 Å². The average molecular weight is 396 g/mol. The van der Waals surface area contributed by atoms with E-state index < -0.39 is 12.3 Å². The number of ether oxygens (including phenoxy) is 3. The standard InChI is InChI=1S/C20H20N4O5/c1-11-27-15-14(9-25)29-20(16(15)28-11)24-8-7-13-17(21-10-22-18(13)24)23-19(26)12-5-3-2-4-6-12/h2-8,10-11,14-16,20,25H,9H2,1H3,(H,21,22,23,26)/t11?,14-,15-,16-,20-/m1/s1. The van der Waals surface area contributed by atoms with E-state index in [0.29, 0.717) is 22.4 Å². The Balaban J connectivity index is 1.47. The van der Waals surface area contributed by atoms with Crippen LogP contribution < -0.4 is 5.32 Å². The van der Waals surface area contributed by atoms with Gasteiger partial charge in [0.15, 0.2) is 12.5 Å². The van der Waals surface area contributed by atoms with Gasteiger partial charge in [0, 0.05) is 11.8 Å². The van der Waals surface area contributed by atoms with Gasteiger partial charge < -0.3 is 29.2 Å². The van der Waals surface area contributed by atoms with Crippen LogP contribution in [-0.2, 0) is 14.2 Å². The lowest BCUT2D eigenvalue weighted by Crippen LogP contribution is -2.30. The third-order valence-electron chi connectivity index (χ3n) is 5.21. The highest BCUT2D eigenvalue weighted by Crippen LogP contribution is 2.40. The summed E-state index contributed by atoms with van der Waals surface area (Å²) in [4.78, 5) is 21.1. The van der Waals surface area contributed by atoms with E-state index >= 15 is 0 Å². The molecule has 2 N–H and O–H groups in total. The molecule has 29 heavy (non-hydrogen) atoms. The van der Waals surface area contributed by atoms with Crippen molar-refractivity contribution in [2.45, 2.75) is 37.8 Å². The molecule has 9 nitrogen and oxygen atoms in total. The normalized spacial score (nSPS) is 28.6. The number of benzene rings is 1. The summed E-state index contributed by atoms with van der Waals surface area (Å²) >= 11 is 0. The van der Waals surface area contributed by atoms with Crippen LogP contribution >= 0.6 is 0 Å². The number of amides is 1. The number of anilines is 1. The van der Waals surface area contributed by atoms with Gasteiger partial charge in [-0.1, -0.05) is 18.2 Å². The summed E-state index contributed by atoms with van der Waals surface area (Å²) in [5.74, 6) is 0.157. The molecular formula is C20H20N4O5. The summed E-state index contributed by atoms with van der Waals surface area (Å²) < 4.78 is 19.4. The molecule has 4 heterocycles. The Morgan fingerprint density at radius 1 is 1.14 bits per heavy atom. The average Bonchev–Trinajstić information content (AvgIpc) is 3.42. The van der Waals surface area contributed by atoms with Crippen LogP contribution in [0.25, 0.3) is 11.0 Å². The van der Waals surface area contributed by atoms with Crippen LogP contribution in [-0.4, -0.2) is 56.8 Å². The van der Waals surface area contributed by atoms with Crippen LogP contribution in [0.3, 0.4) is 0 Å². The number of nitrogens with one attached hydrogen (secondary N) is 1. The van der Waals surface area contributed by atoms with Crippen LogP contribution in [0.5, 0.6) is 0 Å². The van der Waals surface area contributed by atoms with Crippen molar-refractivity contribution in [1.29, 1.82) is 0 Å². The first-order chi connectivity index (χ1) is 14.2. The van der Waals surface area contributed by atoms with E-state index in [0.717, 1.165) is 0 Å². The van der Waals surface area contributed by atoms with Crippen molar-refractivity contribution in [1.82, 2.24) is 14.5 Å². The summed E-state index contributed by atoms with van der Waals surface area (Å²) in [5.41, 5.74) is 1.13. The first-order valence-corrected chi connectivity index (χ1v) is 9.41. The predicted molar refractivity (Wildman–Crippen MR) is 102 cm³/mol. The Bertz CT molecular complexity index is 1040. The number of aliphatic hydroxyl groups is 1. The number of carbonyl (C=O) groups excluding carboxylic acids is 1. The molecule has 1 amide bonds. The summed E-state index contributed by atoms with van der Waals surface area (Å²) in [6.07, 6.45) is 1.13. The first kappa shape index (κ1) is 18.2. The molecule has 2 aliphatic heterocycles. The molecule has 3 aromatic rings. The van der Waals surface area contributed by atoms with Crippen LogP contribution in [0, 0.1) is 0 Å². The minimum Gasteiger partial charge on any atom is -0.394 e. The Hall–Kier alpha value is -2.85. The lowest BCUT2D eigenvalue weighted by Gasteiger charge is -2.20. The fourth-order valence-electron chi connectivity index (χ4n) is 3.91. The van der Waals surface area contributed by atoms with Crippen LogP contribution in [0.2, 0.25) is 0 Å². The molecule has 2 fully saturated rings. The predicted octanol–water partition coefficient (Wildman–Crippen LogP) is 1.70. The molecule has 0 aliphatic carbocycles. The van der Waals surface area contributed by atoms with E-state index in [-0.39, 0.29) is 31.0 Å². The van der Waals surface area contributed by atoms with Gasteiger partial charge >= 0.3 is 0 Å². The van der Waals surface area contributed by atoms with Crippen molar-refractivity contribution in [3.63, 3.8) is 0 Å². The lowest BCUT2D eigenvalue weighted by molar-refractivity contribution is -0.143. The highest BCUT2D eigenvalue weighted by Gasteiger charge is 2.52. The quantitative estimate of drug-likeness (QED) is 0.691. The monoisotopic (exact) mass is 396 g/mol. The van der Waals surface area contributed by atoms with Crippen molar-refractivity contribution in [2.75, 3.05) is 11.9 Å². The number of carbonyl (C=O) groups is 1. The lowest BCUT2D eigenvalue weighted by atomic mass is 10.1. The molecule has 2 aliphatic rings. The molecule has 2 saturated heterocycles. The van der Waals surface area contributed by atoms with Gasteiger partial charge in [0.05, 0.1) is 12.0 Å². The van der Waals surface area contributed by atoms with E-state index in [2.05, 4.69) is 15.3 Å². The van der Waals surface area contributed by atoms with Gasteiger partial charge in [-0.05, 0) is 25.1 Å². The molecule has 0 bridgehead atoms. The van der Waals surface area contributed by atoms with Gasteiger partial charge in [-0.15, -0.1) is 0 Å². The van der Waals surface area contributed by atoms with Gasteiger partial charge in [-0.25, -0.2) is 9.97 Å². The Kier molecular flexibility index (Phi) is 4.51. The summed E-state index contributed by atoms with van der Waals surface area (Å²) in [6, 6.07) is 10.7. The van der Waals surface area contributed by atoms with E-state index in [1.165, 1.54) is 6.33 Å². The molecule has 0 spiro atoms. The zero-order chi connectivity index (χ0) is 20.0. The molecular weight excluding hydrogens is 376 g/mol. The van der Waals surface area contributed by atoms with Gasteiger partial charge in [0.1, 0.15) is 36.1 Å². The van der Waals surface area contributed by atoms with Gasteiger partial charge in [-0.3, -0.25) is 4.79 Å². The maximum absolute atomic E-state index is 12.5. The van der Waals surface area contributed by atoms with Crippen LogP contribution in [0.4, 0.5) is 5.82 Å². The first-order valence-electron chi connectivity index (χ1n) is 9.41. The number of hydrogen-bond donors (Lipinski definition) is 2. The zero-order valence-corrected chi connectivity index (χ0v) is 15.6. The molecule has 0 saturated carbocycles. The molecule has 2 aromatic heterocycles. The third kappa shape index (κ3) is 3.08. The summed E-state index contributed by atoms with van der Waals surface area (Å²) in [7, 11) is 0. The van der Waals surface area contributed by atoms with Crippen molar-refractivity contribution in [3.8, 4) is 0 Å². The molecule has 5 atom stereocenters. The molecule has 1 unspecified atom stereocenters. The summed E-state index contributed by atoms with van der Waals surface area (Å²) in [5, 5.41) is 13.2. The minimum absolute atomic E-state index is 0.166. The fraction of sp³-hybridized carbons (Fsp3) is 0.350. The fourth-order valence-corrected chi connectivity index (χ4v) is 3.91. The topological polar surface area (TPSA) is 108 Å². The Morgan fingerprint density at radius 3 is 2.72 bits per heavy atom. The Morgan fingerprint density at radius 2 is 1.93 bits per heavy atom. The second-order valence-corrected chi connectivity index (χ2v) is 7.02. The third-order valence-corrected chi connectivity index (χ3v) is 5.21. The van der Waals surface area contributed by atoms with E-state index in [9.17, 15) is 9.90 Å². The zero-order valence-electron chi connectivity index (χ0n) is 15.6. The minimum atomic E-state index is -0.507. The maximum atomic E-state index is 12.5. The van der Waals surface area contributed by atoms with E-state index in [1.807, 2.05) is 29.8 Å². The number of fused-ring (bicyclic) bond motifs is 2. The molecule has 9 heteroatoms. The molecule has 5 rings (SSSR count). The van der Waals surface area contributed by atoms with Gasteiger partial charge in [-0.2, -0.15) is 0 Å². The van der Waals surface area contributed by atoms with Gasteiger partial charge in [0.2, 0.25) is 0 Å². The smallest absolute Gasteiger partial charge is 0.256 e. The SMILES string of the molecule is CC1O[C@@H]2[C@H](O1)[C@@H](CO)O[C@H]2n1ccc2c(NC(=O)c3ccccc3)ncnc21. The maximum Gasteiger partial charge on any atom is 0.256 e. The van der Waals surface area contributed by atoms with Crippen molar-refractivity contribution < 1.29 is 24.1 Å². The highest BCUT2D eigenvalue weighted by atomic mass is 16.8. The number of rotatable bonds is 4. The van der Waals surface area contributed by atoms with Gasteiger partial charge in [0.25, 0.3) is 5.91 Å². The number of nitrogens with zero attached hydrogens (tertiary/aromatic N) is 3. The number of aliphatic hydroxyl groups excluding tert-OH is 1. The highest BCUT2D eigenvalue weighted by molar-refractivity contribution is 6.07. The summed E-state index contributed by atoms with van der Waals surface area (Å²) in [6.45, 7) is 1.65. The van der Waals surface area contributed by atoms with Crippen LogP contribution in [0.1, 0.15) is 23.5 Å². The largest absolute Gasteiger partial charge is 0.394 e. The second-order valence-electron chi connectivity index (χ2n) is 7.02. The molecule has 150 valence electrons. The van der Waals surface area contributed by atoms with Crippen molar-refractivity contribution in [2.24, 2.45) is 0 Å². The molecule has 1 aromatic carbocycles. The molecule has 0 radical (unpaired) electrons. The van der Waals surface area contributed by atoms with Crippen molar-refractivity contribution >= 4 is 22.8 Å². The second kappa shape index (κ2) is 7.20. The van der Waals surface area contributed by atoms with E-state index in [4.69, 9.17) is 14.2 Å². The Labute approximate surface area is 166 Å². The van der Waals surface area contributed by atoms with E-state index in [1.54, 1.807) is 24.3 Å². The van der Waals surface area contributed by atoms with Crippen LogP contribution in [0.15, 0.2) is 48.9 Å².